The van der Waals surface area contributed by atoms with Gasteiger partial charge < -0.3 is 5.32 Å². The van der Waals surface area contributed by atoms with Gasteiger partial charge in [0.2, 0.25) is 11.8 Å². The highest BCUT2D eigenvalue weighted by atomic mass is 19.1. The minimum Gasteiger partial charge on any atom is -0.345 e. The average molecular weight is 240 g/mol. The average Bonchev–Trinajstić information content (AvgIpc) is 2.29. The van der Waals surface area contributed by atoms with Crippen LogP contribution >= 0.6 is 0 Å². The van der Waals surface area contributed by atoms with Crippen molar-refractivity contribution in [1.29, 1.82) is 0 Å². The van der Waals surface area contributed by atoms with Crippen LogP contribution < -0.4 is 10.2 Å². The molecule has 1 atom stereocenters. The number of hydrogen-bond acceptors (Lipinski definition) is 2. The summed E-state index contributed by atoms with van der Waals surface area (Å²) in [5.74, 6) is -2.26. The van der Waals surface area contributed by atoms with Crippen LogP contribution in [0.15, 0.2) is 18.2 Å². The summed E-state index contributed by atoms with van der Waals surface area (Å²) in [6.45, 7) is 1.25. The number of halogens is 2. The van der Waals surface area contributed by atoms with Crippen molar-refractivity contribution in [2.45, 2.75) is 13.0 Å². The van der Waals surface area contributed by atoms with Crippen LogP contribution in [0.2, 0.25) is 0 Å². The normalized spacial score (nSPS) is 20.4. The molecule has 17 heavy (non-hydrogen) atoms. The molecule has 1 aliphatic rings. The van der Waals surface area contributed by atoms with Gasteiger partial charge in [0.1, 0.15) is 17.7 Å². The minimum absolute atomic E-state index is 0.209. The highest BCUT2D eigenvalue weighted by Gasteiger charge is 2.33. The molecule has 0 radical (unpaired) electrons. The van der Waals surface area contributed by atoms with Gasteiger partial charge in [-0.25, -0.2) is 8.78 Å². The fourth-order valence-electron chi connectivity index (χ4n) is 1.74. The van der Waals surface area contributed by atoms with Gasteiger partial charge in [-0.15, -0.1) is 0 Å². The molecule has 2 amide bonds. The number of nitrogens with zero attached hydrogens (tertiary/aromatic N) is 1. The highest BCUT2D eigenvalue weighted by Crippen LogP contribution is 2.24. The summed E-state index contributed by atoms with van der Waals surface area (Å²) in [4.78, 5) is 24.0. The lowest BCUT2D eigenvalue weighted by atomic mass is 10.1. The summed E-state index contributed by atoms with van der Waals surface area (Å²) in [6, 6.07) is 1.94. The number of hydrogen-bond donors (Lipinski definition) is 1. The lowest BCUT2D eigenvalue weighted by Gasteiger charge is -2.32. The van der Waals surface area contributed by atoms with Gasteiger partial charge in [-0.1, -0.05) is 0 Å². The predicted molar refractivity (Wildman–Crippen MR) is 56.3 cm³/mol. The van der Waals surface area contributed by atoms with Crippen molar-refractivity contribution in [1.82, 2.24) is 5.32 Å². The van der Waals surface area contributed by atoms with Crippen molar-refractivity contribution >= 4 is 17.5 Å². The van der Waals surface area contributed by atoms with Crippen LogP contribution in [-0.2, 0) is 9.59 Å². The van der Waals surface area contributed by atoms with E-state index in [4.69, 9.17) is 0 Å². The second-order valence-corrected chi connectivity index (χ2v) is 3.75. The van der Waals surface area contributed by atoms with Crippen LogP contribution in [0.5, 0.6) is 0 Å². The maximum atomic E-state index is 13.5. The van der Waals surface area contributed by atoms with Crippen molar-refractivity contribution in [2.24, 2.45) is 0 Å². The molecule has 0 bridgehead atoms. The third-order valence-electron chi connectivity index (χ3n) is 2.62. The van der Waals surface area contributed by atoms with Crippen molar-refractivity contribution in [3.05, 3.63) is 29.8 Å². The molecular formula is C11H10F2N2O2. The molecule has 0 spiro atoms. The van der Waals surface area contributed by atoms with Crippen LogP contribution in [-0.4, -0.2) is 24.4 Å². The van der Waals surface area contributed by atoms with Gasteiger partial charge in [0, 0.05) is 6.07 Å². The number of nitrogens with one attached hydrogen (secondary N) is 1. The molecule has 4 nitrogen and oxygen atoms in total. The molecule has 1 heterocycles. The third kappa shape index (κ3) is 1.98. The van der Waals surface area contributed by atoms with Gasteiger partial charge in [-0.3, -0.25) is 14.5 Å². The van der Waals surface area contributed by atoms with Crippen molar-refractivity contribution in [3.8, 4) is 0 Å². The number of carbonyl (C=O) groups excluding carboxylic acids is 2. The molecular weight excluding hydrogens is 230 g/mol. The second kappa shape index (κ2) is 4.12. The van der Waals surface area contributed by atoms with Crippen LogP contribution in [0.3, 0.4) is 0 Å². The summed E-state index contributed by atoms with van der Waals surface area (Å²) in [5.41, 5.74) is -0.211. The van der Waals surface area contributed by atoms with Gasteiger partial charge in [0.05, 0.1) is 12.2 Å². The smallest absolute Gasteiger partial charge is 0.247 e. The molecule has 90 valence electrons. The zero-order valence-corrected chi connectivity index (χ0v) is 9.04. The SMILES string of the molecule is CC1C(=O)NCC(=O)N1c1cc(F)ccc1F. The summed E-state index contributed by atoms with van der Waals surface area (Å²) >= 11 is 0. The molecule has 1 saturated heterocycles. The molecule has 1 fully saturated rings. The van der Waals surface area contributed by atoms with E-state index in [9.17, 15) is 18.4 Å². The van der Waals surface area contributed by atoms with E-state index in [1.54, 1.807) is 0 Å². The van der Waals surface area contributed by atoms with E-state index in [1.165, 1.54) is 6.92 Å². The highest BCUT2D eigenvalue weighted by molar-refractivity contribution is 6.06. The van der Waals surface area contributed by atoms with E-state index < -0.39 is 29.5 Å². The Bertz CT molecular complexity index is 490. The topological polar surface area (TPSA) is 49.4 Å². The van der Waals surface area contributed by atoms with E-state index in [0.717, 1.165) is 23.1 Å². The Balaban J connectivity index is 2.46. The van der Waals surface area contributed by atoms with Crippen LogP contribution in [0.25, 0.3) is 0 Å². The summed E-state index contributed by atoms with van der Waals surface area (Å²) in [5, 5.41) is 2.37. The molecule has 1 N–H and O–H groups in total. The first kappa shape index (κ1) is 11.5. The van der Waals surface area contributed by atoms with Crippen LogP contribution in [0, 0.1) is 11.6 Å². The monoisotopic (exact) mass is 240 g/mol. The van der Waals surface area contributed by atoms with Gasteiger partial charge >= 0.3 is 0 Å². The first-order chi connectivity index (χ1) is 8.00. The molecule has 1 aromatic carbocycles. The van der Waals surface area contributed by atoms with Crippen LogP contribution in [0.4, 0.5) is 14.5 Å². The number of carbonyl (C=O) groups is 2. The molecule has 1 aromatic rings. The lowest BCUT2D eigenvalue weighted by molar-refractivity contribution is -0.130. The van der Waals surface area contributed by atoms with E-state index >= 15 is 0 Å². The Kier molecular flexibility index (Phi) is 2.79. The molecule has 6 heteroatoms. The summed E-state index contributed by atoms with van der Waals surface area (Å²) < 4.78 is 26.6. The van der Waals surface area contributed by atoms with E-state index in [-0.39, 0.29) is 12.2 Å². The summed E-state index contributed by atoms with van der Waals surface area (Å²) in [6.07, 6.45) is 0. The van der Waals surface area contributed by atoms with Gasteiger partial charge in [0.25, 0.3) is 0 Å². The Morgan fingerprint density at radius 2 is 2.06 bits per heavy atom. The number of benzene rings is 1. The van der Waals surface area contributed by atoms with Crippen molar-refractivity contribution < 1.29 is 18.4 Å². The number of piperazine rings is 1. The second-order valence-electron chi connectivity index (χ2n) is 3.75. The maximum Gasteiger partial charge on any atom is 0.247 e. The quantitative estimate of drug-likeness (QED) is 0.790. The first-order valence-electron chi connectivity index (χ1n) is 5.05. The number of rotatable bonds is 1. The van der Waals surface area contributed by atoms with Gasteiger partial charge in [0.15, 0.2) is 0 Å². The minimum atomic E-state index is -0.854. The van der Waals surface area contributed by atoms with Gasteiger partial charge in [-0.2, -0.15) is 0 Å². The molecule has 0 aliphatic carbocycles. The third-order valence-corrected chi connectivity index (χ3v) is 2.62. The Morgan fingerprint density at radius 1 is 1.35 bits per heavy atom. The Hall–Kier alpha value is -1.98. The molecule has 1 unspecified atom stereocenters. The molecule has 2 rings (SSSR count). The summed E-state index contributed by atoms with van der Waals surface area (Å²) in [7, 11) is 0. The van der Waals surface area contributed by atoms with Crippen molar-refractivity contribution in [2.75, 3.05) is 11.4 Å². The fourth-order valence-corrected chi connectivity index (χ4v) is 1.74. The van der Waals surface area contributed by atoms with E-state index in [0.29, 0.717) is 0 Å². The lowest BCUT2D eigenvalue weighted by Crippen LogP contribution is -2.57. The standard InChI is InChI=1S/C11H10F2N2O2/c1-6-11(17)14-5-10(16)15(6)9-4-7(12)2-3-8(9)13/h2-4,6H,5H2,1H3,(H,14,17). The van der Waals surface area contributed by atoms with Gasteiger partial charge in [-0.05, 0) is 19.1 Å². The zero-order valence-electron chi connectivity index (χ0n) is 9.04. The number of amides is 2. The Labute approximate surface area is 96.2 Å². The molecule has 1 aliphatic heterocycles. The molecule has 0 aromatic heterocycles. The Morgan fingerprint density at radius 3 is 2.76 bits per heavy atom. The van der Waals surface area contributed by atoms with Crippen LogP contribution in [0.1, 0.15) is 6.92 Å². The maximum absolute atomic E-state index is 13.5. The number of anilines is 1. The predicted octanol–water partition coefficient (Wildman–Crippen LogP) is 0.816. The largest absolute Gasteiger partial charge is 0.345 e. The van der Waals surface area contributed by atoms with E-state index in [1.807, 2.05) is 0 Å². The van der Waals surface area contributed by atoms with Crippen molar-refractivity contribution in [3.63, 3.8) is 0 Å². The first-order valence-corrected chi connectivity index (χ1v) is 5.05. The zero-order chi connectivity index (χ0) is 12.6. The fraction of sp³-hybridized carbons (Fsp3) is 0.273. The van der Waals surface area contributed by atoms with E-state index in [2.05, 4.69) is 5.32 Å². The molecule has 0 saturated carbocycles.